The largest absolute Gasteiger partial charge is 0.394 e. The molecule has 0 aromatic carbocycles. The minimum Gasteiger partial charge on any atom is -0.394 e. The number of aliphatic hydroxyl groups excluding tert-OH is 6. The SMILES string of the molecule is CC(=O)N[C@H](C(=O)N1CCC[C@H]1C(=O)N1CCC[C@H]1C(=O)N[C@H](C(=O)N1CCC[C@H]1C(=O)N[C@@H](CSSC[C@H](NC(=O)[C@@H]1CCCN1C(=O)[C@@H](NC(=O)[C@@H]1CCCN1C(=O)[C@@H]1CCCN1C(=O)[C@@H](NC(C)=O)[C@@H](C)O)[C@@H](C)O)C(=O)N1CCC[C@H]1C(=O)N[C@@H](CO)C(N)=O)C(=O)N1CCC[C@H]1C(=O)N[C@@H](CO)C(N)=O)[C@H](C)O)[C@@H](C)O. The van der Waals surface area contributed by atoms with Gasteiger partial charge in [-0.1, -0.05) is 21.6 Å². The van der Waals surface area contributed by atoms with E-state index in [1.165, 1.54) is 61.1 Å². The molecule has 0 radical (unpaired) electrons. The van der Waals surface area contributed by atoms with Gasteiger partial charge in [0.2, 0.25) is 106 Å². The molecule has 42 nitrogen and oxygen atoms in total. The van der Waals surface area contributed by atoms with Gasteiger partial charge in [-0.05, 0) is 130 Å². The monoisotopic (exact) mass is 1680 g/mol. The Hall–Kier alpha value is -9.08. The minimum atomic E-state index is -1.72. The van der Waals surface area contributed by atoms with Crippen molar-refractivity contribution in [2.75, 3.05) is 77.1 Å². The molecule has 0 spiro atoms. The van der Waals surface area contributed by atoms with Gasteiger partial charge in [-0.3, -0.25) is 86.3 Å². The molecule has 0 unspecified atom stereocenters. The van der Waals surface area contributed by atoms with E-state index in [-0.39, 0.29) is 129 Å². The van der Waals surface area contributed by atoms with E-state index in [9.17, 15) is 107 Å². The van der Waals surface area contributed by atoms with Crippen LogP contribution in [0.3, 0.4) is 0 Å². The van der Waals surface area contributed by atoms with Crippen LogP contribution < -0.4 is 54.0 Å². The summed E-state index contributed by atoms with van der Waals surface area (Å²) in [7, 11) is 1.74. The number of carbonyl (C=O) groups excluding carboxylic acids is 18. The van der Waals surface area contributed by atoms with E-state index in [1.807, 2.05) is 0 Å². The Kier molecular flexibility index (Phi) is 33.3. The van der Waals surface area contributed by atoms with E-state index < -0.39 is 252 Å². The van der Waals surface area contributed by atoms with Gasteiger partial charge in [0.1, 0.15) is 96.7 Å². The highest BCUT2D eigenvalue weighted by Gasteiger charge is 2.51. The number of nitrogens with two attached hydrogens (primary N) is 2. The van der Waals surface area contributed by atoms with Gasteiger partial charge in [0, 0.05) is 77.7 Å². The molecule has 0 bridgehead atoms. The first kappa shape index (κ1) is 92.4. The molecule has 0 aromatic rings. The maximum atomic E-state index is 15.1. The smallest absolute Gasteiger partial charge is 0.248 e. The van der Waals surface area contributed by atoms with Crippen LogP contribution in [-0.4, -0.2) is 374 Å². The van der Waals surface area contributed by atoms with E-state index in [1.54, 1.807) is 0 Å². The zero-order valence-electron chi connectivity index (χ0n) is 65.9. The Labute approximate surface area is 677 Å². The van der Waals surface area contributed by atoms with Crippen molar-refractivity contribution in [2.24, 2.45) is 11.5 Å². The molecule has 8 aliphatic rings. The van der Waals surface area contributed by atoms with Crippen LogP contribution in [0, 0.1) is 0 Å². The highest BCUT2D eigenvalue weighted by molar-refractivity contribution is 8.76. The maximum absolute atomic E-state index is 15.1. The van der Waals surface area contributed by atoms with E-state index >= 15 is 9.59 Å². The normalized spacial score (nSPS) is 25.1. The maximum Gasteiger partial charge on any atom is 0.248 e. The second-order valence-corrected chi connectivity index (χ2v) is 33.3. The first-order valence-electron chi connectivity index (χ1n) is 39.5. The van der Waals surface area contributed by atoms with Crippen LogP contribution in [0.25, 0.3) is 0 Å². The number of carbonyl (C=O) groups is 18. The van der Waals surface area contributed by atoms with Crippen LogP contribution in [0.15, 0.2) is 0 Å². The highest BCUT2D eigenvalue weighted by Crippen LogP contribution is 2.33. The second kappa shape index (κ2) is 41.8. The molecule has 18 amide bonds. The Bertz CT molecular complexity index is 3460. The molecule has 116 heavy (non-hydrogen) atoms. The Morgan fingerprint density at radius 2 is 0.500 bits per heavy atom. The molecule has 8 rings (SSSR count). The lowest BCUT2D eigenvalue weighted by atomic mass is 10.1. The summed E-state index contributed by atoms with van der Waals surface area (Å²) in [5, 5.41) is 83.1. The summed E-state index contributed by atoms with van der Waals surface area (Å²) in [6, 6.07) is -22.4. The summed E-state index contributed by atoms with van der Waals surface area (Å²) in [4.78, 5) is 260. The lowest BCUT2D eigenvalue weighted by Crippen LogP contribution is -2.61. The van der Waals surface area contributed by atoms with Crippen molar-refractivity contribution in [3.8, 4) is 0 Å². The number of hydrogen-bond acceptors (Lipinski definition) is 26. The Morgan fingerprint density at radius 3 is 0.733 bits per heavy atom. The number of nitrogens with zero attached hydrogens (tertiary/aromatic N) is 8. The first-order valence-corrected chi connectivity index (χ1v) is 42.0. The van der Waals surface area contributed by atoms with Crippen molar-refractivity contribution in [1.82, 2.24) is 81.7 Å². The number of aliphatic hydroxyl groups is 6. The predicted octanol–water partition coefficient (Wildman–Crippen LogP) is -9.31. The van der Waals surface area contributed by atoms with Crippen LogP contribution in [0.4, 0.5) is 0 Å². The fourth-order valence-corrected chi connectivity index (χ4v) is 18.8. The van der Waals surface area contributed by atoms with Crippen molar-refractivity contribution < 1.29 is 117 Å². The lowest BCUT2D eigenvalue weighted by Gasteiger charge is -2.35. The molecular weight excluding hydrogens is 1570 g/mol. The van der Waals surface area contributed by atoms with Gasteiger partial charge in [0.15, 0.2) is 0 Å². The number of nitrogens with one attached hydrogen (secondary N) is 8. The van der Waals surface area contributed by atoms with Gasteiger partial charge in [-0.25, -0.2) is 0 Å². The van der Waals surface area contributed by atoms with Crippen molar-refractivity contribution in [1.29, 1.82) is 0 Å². The van der Waals surface area contributed by atoms with E-state index in [0.29, 0.717) is 25.7 Å². The van der Waals surface area contributed by atoms with Crippen molar-refractivity contribution in [3.05, 3.63) is 0 Å². The summed E-state index contributed by atoms with van der Waals surface area (Å²) in [6.07, 6.45) is -2.94. The van der Waals surface area contributed by atoms with Crippen LogP contribution in [-0.2, 0) is 86.3 Å². The Balaban J connectivity index is 1.00. The summed E-state index contributed by atoms with van der Waals surface area (Å²) in [5.74, 6) is -15.6. The van der Waals surface area contributed by atoms with Crippen LogP contribution in [0.1, 0.15) is 144 Å². The molecule has 646 valence electrons. The third kappa shape index (κ3) is 22.2. The van der Waals surface area contributed by atoms with Crippen molar-refractivity contribution >= 4 is 128 Å². The molecule has 8 heterocycles. The average Bonchev–Trinajstić information content (AvgIpc) is 1.63. The molecule has 44 heteroatoms. The van der Waals surface area contributed by atoms with Gasteiger partial charge >= 0.3 is 0 Å². The number of rotatable bonds is 35. The zero-order valence-corrected chi connectivity index (χ0v) is 67.6. The van der Waals surface area contributed by atoms with Crippen molar-refractivity contribution in [3.63, 3.8) is 0 Å². The van der Waals surface area contributed by atoms with Crippen LogP contribution >= 0.6 is 21.6 Å². The van der Waals surface area contributed by atoms with Gasteiger partial charge in [-0.15, -0.1) is 0 Å². The van der Waals surface area contributed by atoms with Gasteiger partial charge in [0.25, 0.3) is 0 Å². The average molecular weight is 1680 g/mol. The molecule has 8 fully saturated rings. The zero-order chi connectivity index (χ0) is 85.4. The topological polar surface area (TPSA) is 603 Å². The molecule has 8 saturated heterocycles. The molecule has 20 atom stereocenters. The predicted molar refractivity (Wildman–Crippen MR) is 409 cm³/mol. The van der Waals surface area contributed by atoms with Gasteiger partial charge in [0.05, 0.1) is 37.6 Å². The summed E-state index contributed by atoms with van der Waals surface area (Å²) in [6.45, 7) is 5.62. The first-order chi connectivity index (χ1) is 54.9. The second-order valence-electron chi connectivity index (χ2n) is 30.8. The molecule has 0 saturated carbocycles. The number of amides is 18. The molecule has 0 aromatic heterocycles. The summed E-state index contributed by atoms with van der Waals surface area (Å²) in [5.41, 5.74) is 10.8. The molecular formula is C72H112N18O24S2. The highest BCUT2D eigenvalue weighted by atomic mass is 33.1. The minimum absolute atomic E-state index is 0.0189. The fraction of sp³-hybridized carbons (Fsp3) is 0.750. The quantitative estimate of drug-likeness (QED) is 0.0207. The number of primary amides is 2. The third-order valence-corrected chi connectivity index (χ3v) is 24.9. The van der Waals surface area contributed by atoms with Gasteiger partial charge < -0.3 is 124 Å². The lowest BCUT2D eigenvalue weighted by molar-refractivity contribution is -0.150. The third-order valence-electron chi connectivity index (χ3n) is 22.4. The van der Waals surface area contributed by atoms with E-state index in [0.717, 1.165) is 41.2 Å². The Morgan fingerprint density at radius 1 is 0.302 bits per heavy atom. The molecule has 8 aliphatic heterocycles. The summed E-state index contributed by atoms with van der Waals surface area (Å²) < 4.78 is 0. The standard InChI is InChI=1S/C72H112N18O24S2/c1-35(93)53(75-39(5)97)69(111)89-29-13-21-51(89)67(109)85-25-9-19-49(85)63(105)81-55(37(3)95)71(113)87-27-11-17-47(87)61(103)79-43(65(107)83-23-7-15-45(83)59(101)77-41(31-91)57(73)99)33-115-116-34-44(66(108)84-24-8-16-46(84)60(102)78-42(32-92)58(74)100)80-62(104)48-18-12-28-88(48)72(114)56(38(4)96)82-64(106)50-20-10-26-86(50)68(110)52-22-14-30-90(52)70(112)54(36(2)94)76-40(6)98/h35-38,41-56,91-96H,7-34H2,1-6H3,(H2,73,99)(H2,74,100)(H,75,97)(H,76,98)(H,77,101)(H,78,102)(H,79,103)(H,80,104)(H,81,105)(H,82,106)/t35-,36-,37-,38+,41+,42+,43+,44+,45+,46+,47+,48+,49+,50+,51+,52+,53+,54+,55+,56+/m1/s1. The van der Waals surface area contributed by atoms with E-state index in [4.69, 9.17) is 11.5 Å². The number of likely N-dealkylation sites (tertiary alicyclic amines) is 8. The molecule has 18 N–H and O–H groups in total. The number of hydrogen-bond donors (Lipinski definition) is 16. The van der Waals surface area contributed by atoms with Crippen LogP contribution in [0.5, 0.6) is 0 Å². The molecule has 0 aliphatic carbocycles. The summed E-state index contributed by atoms with van der Waals surface area (Å²) >= 11 is 0. The van der Waals surface area contributed by atoms with Crippen molar-refractivity contribution in [2.45, 2.75) is 265 Å². The van der Waals surface area contributed by atoms with Crippen LogP contribution in [0.2, 0.25) is 0 Å². The fourth-order valence-electron chi connectivity index (χ4n) is 16.4. The van der Waals surface area contributed by atoms with E-state index in [2.05, 4.69) is 42.5 Å². The van der Waals surface area contributed by atoms with Gasteiger partial charge in [-0.2, -0.15) is 0 Å².